The minimum absolute atomic E-state index is 0.0264. The van der Waals surface area contributed by atoms with E-state index in [9.17, 15) is 18.8 Å². The Morgan fingerprint density at radius 1 is 1.05 bits per heavy atom. The molecule has 37 heavy (non-hydrogen) atoms. The standard InChI is InChI=1S/C30H33FN2O4/c1-2-19-8-11-22(12-9-19)29(35)33-15-14-23(21-6-4-3-5-7-21)28(33)27(34)17-20-10-13-24(25(31)16-20)26-18-37-30(36)32-26/h3-7,10,13,16,19,22-23,28H,2,8-9,11-12,14-15,17-18H2,1H3/t19?,22?,23-,28-/m0/s1. The number of hydrogen-bond donors (Lipinski definition) is 0. The van der Waals surface area contributed by atoms with E-state index in [1.54, 1.807) is 6.07 Å². The molecule has 2 heterocycles. The van der Waals surface area contributed by atoms with E-state index in [0.29, 0.717) is 18.0 Å². The highest BCUT2D eigenvalue weighted by atomic mass is 19.1. The van der Waals surface area contributed by atoms with Crippen LogP contribution in [0.3, 0.4) is 0 Å². The van der Waals surface area contributed by atoms with Crippen LogP contribution in [0.4, 0.5) is 9.18 Å². The van der Waals surface area contributed by atoms with E-state index in [-0.39, 0.29) is 47.8 Å². The number of carbonyl (C=O) groups excluding carboxylic acids is 3. The van der Waals surface area contributed by atoms with Crippen molar-refractivity contribution >= 4 is 23.5 Å². The van der Waals surface area contributed by atoms with Crippen molar-refractivity contribution in [3.05, 3.63) is 71.0 Å². The molecule has 3 aliphatic rings. The molecule has 2 fully saturated rings. The van der Waals surface area contributed by atoms with Crippen LogP contribution in [0.5, 0.6) is 0 Å². The topological polar surface area (TPSA) is 76.0 Å². The number of carbonyl (C=O) groups is 3. The Labute approximate surface area is 216 Å². The largest absolute Gasteiger partial charge is 0.441 e. The van der Waals surface area contributed by atoms with Crippen molar-refractivity contribution in [2.45, 2.75) is 63.8 Å². The maximum Gasteiger partial charge on any atom is 0.434 e. The van der Waals surface area contributed by atoms with Crippen molar-refractivity contribution in [1.29, 1.82) is 0 Å². The highest BCUT2D eigenvalue weighted by molar-refractivity contribution is 6.09. The van der Waals surface area contributed by atoms with Crippen LogP contribution in [0.2, 0.25) is 0 Å². The summed E-state index contributed by atoms with van der Waals surface area (Å²) in [6.07, 6.45) is 5.07. The second-order valence-corrected chi connectivity index (χ2v) is 10.5. The van der Waals surface area contributed by atoms with Gasteiger partial charge in [0.05, 0.1) is 11.8 Å². The molecule has 2 aromatic carbocycles. The number of ether oxygens (including phenoxy) is 1. The van der Waals surface area contributed by atoms with Crippen LogP contribution < -0.4 is 0 Å². The summed E-state index contributed by atoms with van der Waals surface area (Å²) in [6.45, 7) is 2.70. The summed E-state index contributed by atoms with van der Waals surface area (Å²) in [5, 5.41) is 0. The number of ketones is 1. The third kappa shape index (κ3) is 5.36. The molecular weight excluding hydrogens is 471 g/mol. The van der Waals surface area contributed by atoms with E-state index in [2.05, 4.69) is 11.9 Å². The second-order valence-electron chi connectivity index (χ2n) is 10.5. The Balaban J connectivity index is 1.36. The molecule has 5 rings (SSSR count). The van der Waals surface area contributed by atoms with Gasteiger partial charge in [-0.05, 0) is 61.3 Å². The number of cyclic esters (lactones) is 1. The number of hydrogen-bond acceptors (Lipinski definition) is 4. The van der Waals surface area contributed by atoms with Gasteiger partial charge in [0, 0.05) is 30.4 Å². The summed E-state index contributed by atoms with van der Waals surface area (Å²) in [7, 11) is 0. The van der Waals surface area contributed by atoms with E-state index in [1.165, 1.54) is 12.1 Å². The fraction of sp³-hybridized carbons (Fsp3) is 0.467. The van der Waals surface area contributed by atoms with Gasteiger partial charge in [-0.15, -0.1) is 0 Å². The van der Waals surface area contributed by atoms with Crippen LogP contribution in [0.1, 0.15) is 68.1 Å². The quantitative estimate of drug-likeness (QED) is 0.501. The van der Waals surface area contributed by atoms with E-state index >= 15 is 0 Å². The average Bonchev–Trinajstić information content (AvgIpc) is 3.55. The van der Waals surface area contributed by atoms with Crippen molar-refractivity contribution in [2.24, 2.45) is 16.8 Å². The van der Waals surface area contributed by atoms with Crippen molar-refractivity contribution < 1.29 is 23.5 Å². The van der Waals surface area contributed by atoms with Gasteiger partial charge in [0.1, 0.15) is 12.4 Å². The van der Waals surface area contributed by atoms with Gasteiger partial charge >= 0.3 is 6.09 Å². The van der Waals surface area contributed by atoms with Crippen molar-refractivity contribution in [2.75, 3.05) is 13.2 Å². The Kier molecular flexibility index (Phi) is 7.49. The van der Waals surface area contributed by atoms with Gasteiger partial charge in [0.25, 0.3) is 0 Å². The predicted molar refractivity (Wildman–Crippen MR) is 138 cm³/mol. The number of amides is 2. The maximum absolute atomic E-state index is 14.9. The molecule has 194 valence electrons. The van der Waals surface area contributed by atoms with Crippen LogP contribution in [0.25, 0.3) is 0 Å². The number of aliphatic imine (C=N–C) groups is 1. The third-order valence-electron chi connectivity index (χ3n) is 8.29. The molecule has 1 aliphatic carbocycles. The average molecular weight is 505 g/mol. The molecule has 1 saturated heterocycles. The SMILES string of the molecule is CCC1CCC(C(=O)N2CC[C@@H](c3ccccc3)[C@H]2C(=O)Cc2ccc(C3=NC(=O)OC3)c(F)c2)CC1. The molecule has 0 aromatic heterocycles. The molecule has 0 radical (unpaired) electrons. The maximum atomic E-state index is 14.9. The summed E-state index contributed by atoms with van der Waals surface area (Å²) < 4.78 is 19.7. The van der Waals surface area contributed by atoms with Crippen molar-refractivity contribution in [3.63, 3.8) is 0 Å². The first-order valence-corrected chi connectivity index (χ1v) is 13.4. The fourth-order valence-corrected chi connectivity index (χ4v) is 6.19. The number of Topliss-reactive ketones (excluding diaryl/α,β-unsaturated/α-hetero) is 1. The summed E-state index contributed by atoms with van der Waals surface area (Å²) >= 11 is 0. The number of benzene rings is 2. The zero-order chi connectivity index (χ0) is 25.9. The molecule has 1 saturated carbocycles. The molecular formula is C30H33FN2O4. The minimum atomic E-state index is -0.727. The van der Waals surface area contributed by atoms with Crippen LogP contribution in [0, 0.1) is 17.7 Å². The van der Waals surface area contributed by atoms with E-state index < -0.39 is 18.0 Å². The lowest BCUT2D eigenvalue weighted by Crippen LogP contribution is -2.46. The van der Waals surface area contributed by atoms with Crippen LogP contribution >= 0.6 is 0 Å². The van der Waals surface area contributed by atoms with Gasteiger partial charge in [-0.2, -0.15) is 4.99 Å². The molecule has 2 aliphatic heterocycles. The minimum Gasteiger partial charge on any atom is -0.441 e. The van der Waals surface area contributed by atoms with Crippen LogP contribution in [-0.2, 0) is 20.7 Å². The van der Waals surface area contributed by atoms with Crippen LogP contribution in [0.15, 0.2) is 53.5 Å². The molecule has 0 unspecified atom stereocenters. The zero-order valence-corrected chi connectivity index (χ0v) is 21.2. The Hall–Kier alpha value is -3.35. The summed E-state index contributed by atoms with van der Waals surface area (Å²) in [6, 6.07) is 13.9. The first kappa shape index (κ1) is 25.3. The van der Waals surface area contributed by atoms with Gasteiger partial charge in [-0.3, -0.25) is 9.59 Å². The lowest BCUT2D eigenvalue weighted by molar-refractivity contribution is -0.142. The normalized spacial score (nSPS) is 25.6. The summed E-state index contributed by atoms with van der Waals surface area (Å²) in [4.78, 5) is 44.2. The predicted octanol–water partition coefficient (Wildman–Crippen LogP) is 5.48. The van der Waals surface area contributed by atoms with E-state index in [0.717, 1.165) is 44.1 Å². The molecule has 2 atom stereocenters. The number of likely N-dealkylation sites (tertiary alicyclic amines) is 1. The van der Waals surface area contributed by atoms with Gasteiger partial charge in [0.15, 0.2) is 5.78 Å². The molecule has 0 bridgehead atoms. The first-order valence-electron chi connectivity index (χ1n) is 13.4. The zero-order valence-electron chi connectivity index (χ0n) is 21.2. The van der Waals surface area contributed by atoms with Gasteiger partial charge in [-0.25, -0.2) is 9.18 Å². The lowest BCUT2D eigenvalue weighted by Gasteiger charge is -2.33. The van der Waals surface area contributed by atoms with Gasteiger partial charge in [0.2, 0.25) is 5.91 Å². The van der Waals surface area contributed by atoms with Crippen molar-refractivity contribution in [3.8, 4) is 0 Å². The Morgan fingerprint density at radius 2 is 1.81 bits per heavy atom. The number of rotatable bonds is 7. The van der Waals surface area contributed by atoms with E-state index in [4.69, 9.17) is 4.74 Å². The smallest absolute Gasteiger partial charge is 0.434 e. The van der Waals surface area contributed by atoms with Crippen molar-refractivity contribution in [1.82, 2.24) is 4.90 Å². The van der Waals surface area contributed by atoms with Gasteiger partial charge in [-0.1, -0.05) is 49.7 Å². The molecule has 6 nitrogen and oxygen atoms in total. The lowest BCUT2D eigenvalue weighted by atomic mass is 9.80. The molecule has 0 spiro atoms. The number of nitrogens with zero attached hydrogens (tertiary/aromatic N) is 2. The molecule has 7 heteroatoms. The molecule has 2 aromatic rings. The van der Waals surface area contributed by atoms with Gasteiger partial charge < -0.3 is 9.64 Å². The highest BCUT2D eigenvalue weighted by Gasteiger charge is 2.44. The summed E-state index contributed by atoms with van der Waals surface area (Å²) in [5.74, 6) is 0.0534. The monoisotopic (exact) mass is 504 g/mol. The Bertz CT molecular complexity index is 1200. The third-order valence-corrected chi connectivity index (χ3v) is 8.29. The Morgan fingerprint density at radius 3 is 2.46 bits per heavy atom. The van der Waals surface area contributed by atoms with E-state index in [1.807, 2.05) is 35.2 Å². The highest BCUT2D eigenvalue weighted by Crippen LogP contribution is 2.38. The fourth-order valence-electron chi connectivity index (χ4n) is 6.19. The number of halogens is 1. The summed E-state index contributed by atoms with van der Waals surface area (Å²) in [5.41, 5.74) is 2.03. The second kappa shape index (κ2) is 11.0. The van der Waals surface area contributed by atoms with Crippen LogP contribution in [-0.4, -0.2) is 47.6 Å². The first-order chi connectivity index (χ1) is 17.9. The molecule has 0 N–H and O–H groups in total. The molecule has 2 amide bonds.